The maximum absolute atomic E-state index is 13.3. The first-order valence-corrected chi connectivity index (χ1v) is 34.1. The summed E-state index contributed by atoms with van der Waals surface area (Å²) in [4.78, 5) is 13.3. The van der Waals surface area contributed by atoms with Crippen LogP contribution in [-0.4, -0.2) is 193 Å². The van der Waals surface area contributed by atoms with Gasteiger partial charge in [-0.1, -0.05) is 205 Å². The summed E-state index contributed by atoms with van der Waals surface area (Å²) in [6.45, 7) is 1.50. The van der Waals surface area contributed by atoms with Gasteiger partial charge in [-0.25, -0.2) is 0 Å². The second kappa shape index (κ2) is 52.9. The van der Waals surface area contributed by atoms with Crippen LogP contribution < -0.4 is 5.32 Å². The van der Waals surface area contributed by atoms with Crippen molar-refractivity contribution < 1.29 is 89.4 Å². The predicted molar refractivity (Wildman–Crippen MR) is 359 cm³/mol. The summed E-state index contributed by atoms with van der Waals surface area (Å²) in [7, 11) is 0. The normalized spacial score (nSPS) is 28.6. The molecule has 522 valence electrons. The van der Waals surface area contributed by atoms with Crippen LogP contribution in [0.15, 0.2) is 146 Å². The average Bonchev–Trinajstić information content (AvgIpc) is 0.799. The zero-order chi connectivity index (χ0) is 66.8. The molecule has 19 heteroatoms. The summed E-state index contributed by atoms with van der Waals surface area (Å²) in [6.07, 6.45) is 48.5. The smallest absolute Gasteiger partial charge is 0.220 e. The van der Waals surface area contributed by atoms with E-state index in [4.69, 9.17) is 28.4 Å². The molecule has 0 saturated carbocycles. The SMILES string of the molecule is CC/C=C\C/C=C\C/C=C\C/C=C\C/C=C\C/C=C\C/C=C\C/C=C\C/C=C\C/C=C\CCCCCCCCC(=O)NC(COC1OC(CO)C(OC2OC(CO)C(OC3OC(CO)C(O)C(O)C3O)C(O)C2O)C(O)C1O)C(O)/C=C/CC/C=C/CCCCCC. The molecule has 3 aliphatic heterocycles. The number of rotatable bonds is 49. The number of aliphatic hydroxyl groups is 11. The highest BCUT2D eigenvalue weighted by Gasteiger charge is 2.53. The molecule has 92 heavy (non-hydrogen) atoms. The predicted octanol–water partition coefficient (Wildman–Crippen LogP) is 8.76. The second-order valence-electron chi connectivity index (χ2n) is 23.5. The lowest BCUT2D eigenvalue weighted by molar-refractivity contribution is -0.379. The minimum Gasteiger partial charge on any atom is -0.394 e. The molecule has 0 aromatic carbocycles. The fourth-order valence-electron chi connectivity index (χ4n) is 10.3. The van der Waals surface area contributed by atoms with E-state index in [1.165, 1.54) is 19.3 Å². The van der Waals surface area contributed by atoms with Crippen LogP contribution in [0.2, 0.25) is 0 Å². The number of carbonyl (C=O) groups excluding carboxylic acids is 1. The fourth-order valence-corrected chi connectivity index (χ4v) is 10.3. The minimum atomic E-state index is -1.99. The largest absolute Gasteiger partial charge is 0.394 e. The number of hydrogen-bond acceptors (Lipinski definition) is 18. The first kappa shape index (κ1) is 81.9. The number of carbonyl (C=O) groups is 1. The van der Waals surface area contributed by atoms with Gasteiger partial charge in [0.2, 0.25) is 5.91 Å². The monoisotopic (exact) mass is 1300 g/mol. The van der Waals surface area contributed by atoms with Gasteiger partial charge < -0.3 is 89.9 Å². The third kappa shape index (κ3) is 34.4. The molecular weight excluding hydrogens is 1180 g/mol. The van der Waals surface area contributed by atoms with E-state index >= 15 is 0 Å². The van der Waals surface area contributed by atoms with Crippen LogP contribution in [0.4, 0.5) is 0 Å². The molecule has 17 atom stereocenters. The van der Waals surface area contributed by atoms with E-state index in [-0.39, 0.29) is 18.9 Å². The van der Waals surface area contributed by atoms with Crippen molar-refractivity contribution >= 4 is 5.91 Å². The summed E-state index contributed by atoms with van der Waals surface area (Å²) in [5, 5.41) is 120. The Kier molecular flexibility index (Phi) is 47.1. The molecule has 0 radical (unpaired) electrons. The van der Waals surface area contributed by atoms with Crippen LogP contribution in [0.25, 0.3) is 0 Å². The minimum absolute atomic E-state index is 0.208. The number of amides is 1. The molecule has 0 aromatic heterocycles. The highest BCUT2D eigenvalue weighted by atomic mass is 16.8. The Hall–Kier alpha value is -4.33. The van der Waals surface area contributed by atoms with Crippen LogP contribution in [0.5, 0.6) is 0 Å². The summed E-state index contributed by atoms with van der Waals surface area (Å²) in [6, 6.07) is -1.01. The van der Waals surface area contributed by atoms with Crippen molar-refractivity contribution in [1.82, 2.24) is 5.32 Å². The van der Waals surface area contributed by atoms with Gasteiger partial charge in [0, 0.05) is 6.42 Å². The summed E-state index contributed by atoms with van der Waals surface area (Å²) < 4.78 is 34.2. The third-order valence-electron chi connectivity index (χ3n) is 15.9. The Morgan fingerprint density at radius 3 is 1.22 bits per heavy atom. The van der Waals surface area contributed by atoms with Crippen LogP contribution >= 0.6 is 0 Å². The lowest BCUT2D eigenvalue weighted by atomic mass is 9.96. The zero-order valence-electron chi connectivity index (χ0n) is 55.0. The van der Waals surface area contributed by atoms with Crippen molar-refractivity contribution in [2.75, 3.05) is 26.4 Å². The van der Waals surface area contributed by atoms with Crippen molar-refractivity contribution in [3.05, 3.63) is 146 Å². The van der Waals surface area contributed by atoms with Gasteiger partial charge in [-0.15, -0.1) is 0 Å². The van der Waals surface area contributed by atoms with Crippen molar-refractivity contribution in [1.29, 1.82) is 0 Å². The van der Waals surface area contributed by atoms with Gasteiger partial charge >= 0.3 is 0 Å². The Morgan fingerprint density at radius 1 is 0.402 bits per heavy atom. The molecule has 12 N–H and O–H groups in total. The molecular formula is C73H117NO18. The van der Waals surface area contributed by atoms with Crippen LogP contribution in [-0.2, 0) is 33.2 Å². The van der Waals surface area contributed by atoms with Crippen molar-refractivity contribution in [3.8, 4) is 0 Å². The van der Waals surface area contributed by atoms with E-state index in [0.29, 0.717) is 12.8 Å². The summed E-state index contributed by atoms with van der Waals surface area (Å²) in [5.41, 5.74) is 0. The maximum Gasteiger partial charge on any atom is 0.220 e. The fraction of sp³-hybridized carbons (Fsp3) is 0.658. The Bertz CT molecular complexity index is 2240. The van der Waals surface area contributed by atoms with E-state index in [1.807, 2.05) is 6.08 Å². The molecule has 17 unspecified atom stereocenters. The van der Waals surface area contributed by atoms with Gasteiger partial charge in [-0.05, 0) is 109 Å². The quantitative estimate of drug-likeness (QED) is 0.0200. The van der Waals surface area contributed by atoms with Crippen LogP contribution in [0.3, 0.4) is 0 Å². The third-order valence-corrected chi connectivity index (χ3v) is 15.9. The maximum atomic E-state index is 13.3. The standard InChI is InChI=1S/C73H117NO18/c1-3-5-7-9-11-13-15-16-17-18-19-20-21-22-23-24-25-26-27-28-29-30-31-32-33-34-35-36-37-38-39-40-41-43-45-47-49-51-61(79)74-56(57(78)50-48-46-44-42-14-12-10-8-6-4-2)55-87-71-67(85)64(82)69(59(53-76)89-71)92-73-68(86)65(83)70(60(54-77)90-73)91-72-66(84)63(81)62(80)58(52-75)88-72/h5,7,11,13-14,16-17,19-20,22-23,25-26,28-29,31-32,34-35,37-38,42,48,50,56-60,62-73,75-78,80-86H,3-4,6,8-10,12,15,18,21,24,27,30,33,36,39-41,43-47,49,51-55H2,1-2H3,(H,74,79)/b7-5-,13-11-,17-16-,20-19-,23-22-,26-25-,29-28-,32-31-,35-34-,38-37-,42-14+,50-48+. The topological polar surface area (TPSA) is 307 Å². The number of nitrogens with one attached hydrogen (secondary N) is 1. The zero-order valence-corrected chi connectivity index (χ0v) is 55.0. The van der Waals surface area contributed by atoms with Gasteiger partial charge in [-0.3, -0.25) is 4.79 Å². The van der Waals surface area contributed by atoms with E-state index in [0.717, 1.165) is 122 Å². The highest BCUT2D eigenvalue weighted by molar-refractivity contribution is 5.76. The van der Waals surface area contributed by atoms with Gasteiger partial charge in [0.1, 0.15) is 73.2 Å². The molecule has 3 heterocycles. The summed E-state index contributed by atoms with van der Waals surface area (Å²) in [5.74, 6) is -0.310. The van der Waals surface area contributed by atoms with Gasteiger partial charge in [0.25, 0.3) is 0 Å². The lowest BCUT2D eigenvalue weighted by Crippen LogP contribution is -2.66. The molecule has 3 aliphatic rings. The molecule has 0 aromatic rings. The molecule has 3 saturated heterocycles. The Morgan fingerprint density at radius 2 is 0.761 bits per heavy atom. The summed E-state index contributed by atoms with van der Waals surface area (Å²) >= 11 is 0. The molecule has 0 spiro atoms. The molecule has 1 amide bonds. The van der Waals surface area contributed by atoms with E-state index < -0.39 is 124 Å². The lowest BCUT2D eigenvalue weighted by Gasteiger charge is -2.48. The average molecular weight is 1300 g/mol. The van der Waals surface area contributed by atoms with Gasteiger partial charge in [0.15, 0.2) is 18.9 Å². The highest BCUT2D eigenvalue weighted by Crippen LogP contribution is 2.33. The Balaban J connectivity index is 1.36. The first-order valence-electron chi connectivity index (χ1n) is 34.1. The molecule has 3 rings (SSSR count). The van der Waals surface area contributed by atoms with Gasteiger partial charge in [-0.2, -0.15) is 0 Å². The molecule has 0 aliphatic carbocycles. The van der Waals surface area contributed by atoms with Crippen molar-refractivity contribution in [2.24, 2.45) is 0 Å². The molecule has 0 bridgehead atoms. The van der Waals surface area contributed by atoms with E-state index in [9.17, 15) is 61.0 Å². The first-order chi connectivity index (χ1) is 44.8. The van der Waals surface area contributed by atoms with Gasteiger partial charge in [0.05, 0.1) is 38.6 Å². The second-order valence-corrected chi connectivity index (χ2v) is 23.5. The number of hydrogen-bond donors (Lipinski definition) is 12. The van der Waals surface area contributed by atoms with Crippen LogP contribution in [0, 0.1) is 0 Å². The Labute approximate surface area is 549 Å². The van der Waals surface area contributed by atoms with E-state index in [1.54, 1.807) is 6.08 Å². The van der Waals surface area contributed by atoms with Crippen molar-refractivity contribution in [2.45, 2.75) is 279 Å². The number of ether oxygens (including phenoxy) is 6. The van der Waals surface area contributed by atoms with Crippen LogP contribution in [0.1, 0.15) is 174 Å². The number of unbranched alkanes of at least 4 members (excludes halogenated alkanes) is 11. The van der Waals surface area contributed by atoms with Crippen molar-refractivity contribution in [3.63, 3.8) is 0 Å². The number of allylic oxidation sites excluding steroid dienone is 23. The number of aliphatic hydroxyl groups excluding tert-OH is 11. The molecule has 3 fully saturated rings. The van der Waals surface area contributed by atoms with E-state index in [2.05, 4.69) is 153 Å². The molecule has 19 nitrogen and oxygen atoms in total.